The van der Waals surface area contributed by atoms with E-state index in [1.807, 2.05) is 23.1 Å². The first-order valence-corrected chi connectivity index (χ1v) is 9.50. The van der Waals surface area contributed by atoms with Crippen LogP contribution in [0.15, 0.2) is 36.7 Å². The van der Waals surface area contributed by atoms with E-state index in [-0.39, 0.29) is 5.92 Å². The Labute approximate surface area is 162 Å². The van der Waals surface area contributed by atoms with E-state index in [1.54, 1.807) is 18.5 Å². The van der Waals surface area contributed by atoms with Crippen LogP contribution in [0, 0.1) is 11.3 Å². The third kappa shape index (κ3) is 2.84. The lowest BCUT2D eigenvalue weighted by Crippen LogP contribution is -2.41. The average molecular weight is 382 g/mol. The van der Waals surface area contributed by atoms with Crippen LogP contribution in [0.2, 0.25) is 0 Å². The van der Waals surface area contributed by atoms with Gasteiger partial charge in [0.1, 0.15) is 18.6 Å². The Balaban J connectivity index is 1.32. The monoisotopic (exact) mass is 382 g/mol. The second-order valence-corrected chi connectivity index (χ2v) is 7.74. The molecule has 0 amide bonds. The van der Waals surface area contributed by atoms with Crippen molar-refractivity contribution in [3.8, 4) is 11.5 Å². The predicted octanol–water partition coefficient (Wildman–Crippen LogP) is 1.27. The van der Waals surface area contributed by atoms with Crippen LogP contribution in [-0.4, -0.2) is 65.3 Å². The van der Waals surface area contributed by atoms with Gasteiger partial charge in [0.2, 0.25) is 5.95 Å². The highest BCUT2D eigenvalue weighted by Gasteiger charge is 2.58. The van der Waals surface area contributed by atoms with Crippen LogP contribution in [0.5, 0.6) is 11.5 Å². The number of carboxylic acids is 1. The molecule has 2 aromatic rings. The maximum absolute atomic E-state index is 12.2. The Hall–Kier alpha value is -2.87. The number of rotatable bonds is 4. The second kappa shape index (κ2) is 6.63. The van der Waals surface area contributed by atoms with Crippen LogP contribution < -0.4 is 14.4 Å². The molecule has 2 unspecified atom stereocenters. The van der Waals surface area contributed by atoms with Crippen molar-refractivity contribution in [3.05, 3.63) is 42.2 Å². The summed E-state index contributed by atoms with van der Waals surface area (Å²) in [7, 11) is 0. The van der Waals surface area contributed by atoms with Gasteiger partial charge in [0.05, 0.1) is 0 Å². The van der Waals surface area contributed by atoms with E-state index in [9.17, 15) is 9.90 Å². The van der Waals surface area contributed by atoms with Gasteiger partial charge in [-0.3, -0.25) is 9.69 Å². The predicted molar refractivity (Wildman–Crippen MR) is 101 cm³/mol. The van der Waals surface area contributed by atoms with Crippen LogP contribution >= 0.6 is 0 Å². The zero-order valence-corrected chi connectivity index (χ0v) is 15.5. The third-order valence-electron chi connectivity index (χ3n) is 5.95. The highest BCUT2D eigenvalue weighted by Crippen LogP contribution is 2.44. The number of aromatic nitrogens is 2. The van der Waals surface area contributed by atoms with E-state index < -0.39 is 11.4 Å². The van der Waals surface area contributed by atoms with Crippen LogP contribution in [0.1, 0.15) is 5.56 Å². The summed E-state index contributed by atoms with van der Waals surface area (Å²) in [5.74, 6) is 1.46. The summed E-state index contributed by atoms with van der Waals surface area (Å²) < 4.78 is 11.2. The number of aliphatic carboxylic acids is 1. The zero-order valence-electron chi connectivity index (χ0n) is 15.5. The Morgan fingerprint density at radius 2 is 1.93 bits per heavy atom. The van der Waals surface area contributed by atoms with Gasteiger partial charge in [-0.1, -0.05) is 6.07 Å². The van der Waals surface area contributed by atoms with Crippen LogP contribution in [0.3, 0.4) is 0 Å². The Morgan fingerprint density at radius 1 is 1.14 bits per heavy atom. The lowest BCUT2D eigenvalue weighted by Gasteiger charge is -2.26. The Morgan fingerprint density at radius 3 is 2.68 bits per heavy atom. The molecule has 146 valence electrons. The fourth-order valence-corrected chi connectivity index (χ4v) is 4.64. The van der Waals surface area contributed by atoms with Gasteiger partial charge in [-0.2, -0.15) is 0 Å². The Kier molecular flexibility index (Phi) is 4.08. The number of likely N-dealkylation sites (tertiary alicyclic amines) is 1. The molecule has 1 N–H and O–H groups in total. The molecule has 0 aliphatic carbocycles. The molecule has 2 fully saturated rings. The number of nitrogens with zero attached hydrogens (tertiary/aromatic N) is 4. The van der Waals surface area contributed by atoms with Gasteiger partial charge in [0, 0.05) is 51.0 Å². The quantitative estimate of drug-likeness (QED) is 0.846. The van der Waals surface area contributed by atoms with Gasteiger partial charge in [-0.25, -0.2) is 9.97 Å². The molecule has 8 heteroatoms. The lowest BCUT2D eigenvalue weighted by atomic mass is 9.81. The second-order valence-electron chi connectivity index (χ2n) is 7.74. The van der Waals surface area contributed by atoms with E-state index in [2.05, 4.69) is 14.9 Å². The van der Waals surface area contributed by atoms with Crippen molar-refractivity contribution in [2.45, 2.75) is 6.54 Å². The first-order valence-electron chi connectivity index (χ1n) is 9.50. The smallest absolute Gasteiger partial charge is 0.313 e. The molecule has 2 atom stereocenters. The van der Waals surface area contributed by atoms with Crippen molar-refractivity contribution in [3.63, 3.8) is 0 Å². The van der Waals surface area contributed by atoms with Crippen LogP contribution in [0.4, 0.5) is 5.95 Å². The number of hydrogen-bond donors (Lipinski definition) is 1. The van der Waals surface area contributed by atoms with Crippen molar-refractivity contribution >= 4 is 11.9 Å². The van der Waals surface area contributed by atoms with E-state index in [0.717, 1.165) is 23.6 Å². The molecule has 0 radical (unpaired) electrons. The van der Waals surface area contributed by atoms with Gasteiger partial charge in [-0.05, 0) is 23.8 Å². The summed E-state index contributed by atoms with van der Waals surface area (Å²) in [5.41, 5.74) is 0.320. The molecule has 4 heterocycles. The minimum absolute atomic E-state index is 0.0472. The van der Waals surface area contributed by atoms with Crippen molar-refractivity contribution in [2.75, 3.05) is 44.3 Å². The summed E-state index contributed by atoms with van der Waals surface area (Å²) in [4.78, 5) is 25.0. The van der Waals surface area contributed by atoms with Crippen LogP contribution in [0.25, 0.3) is 0 Å². The molecule has 0 bridgehead atoms. The summed E-state index contributed by atoms with van der Waals surface area (Å²) >= 11 is 0. The molecule has 0 spiro atoms. The van der Waals surface area contributed by atoms with E-state index in [0.29, 0.717) is 45.3 Å². The highest BCUT2D eigenvalue weighted by molar-refractivity contribution is 5.78. The zero-order chi connectivity index (χ0) is 19.1. The SMILES string of the molecule is O=C(O)C12CN(Cc3ccc4c(c3)OCCO4)CC1CN(c1ncccn1)C2. The molecular weight excluding hydrogens is 360 g/mol. The van der Waals surface area contributed by atoms with Gasteiger partial charge in [0.25, 0.3) is 0 Å². The van der Waals surface area contributed by atoms with Crippen molar-refractivity contribution in [1.82, 2.24) is 14.9 Å². The van der Waals surface area contributed by atoms with Gasteiger partial charge in [-0.15, -0.1) is 0 Å². The van der Waals surface area contributed by atoms with E-state index in [4.69, 9.17) is 9.47 Å². The molecule has 8 nitrogen and oxygen atoms in total. The largest absolute Gasteiger partial charge is 0.486 e. The standard InChI is InChI=1S/C20H22N4O4/c25-18(26)20-12-23(9-14-2-3-16-17(8-14)28-7-6-27-16)10-15(20)11-24(13-20)19-21-4-1-5-22-19/h1-5,8,15H,6-7,9-13H2,(H,25,26). The number of anilines is 1. The van der Waals surface area contributed by atoms with Crippen molar-refractivity contribution in [1.29, 1.82) is 0 Å². The lowest BCUT2D eigenvalue weighted by molar-refractivity contribution is -0.148. The first kappa shape index (κ1) is 17.2. The van der Waals surface area contributed by atoms with Gasteiger partial charge in [0.15, 0.2) is 11.5 Å². The average Bonchev–Trinajstić information content (AvgIpc) is 3.24. The fraction of sp³-hybridized carbons (Fsp3) is 0.450. The number of hydrogen-bond acceptors (Lipinski definition) is 7. The van der Waals surface area contributed by atoms with Crippen LogP contribution in [-0.2, 0) is 11.3 Å². The molecule has 3 aliphatic rings. The number of fused-ring (bicyclic) bond motifs is 2. The molecule has 28 heavy (non-hydrogen) atoms. The van der Waals surface area contributed by atoms with E-state index in [1.165, 1.54) is 0 Å². The molecule has 1 aromatic heterocycles. The summed E-state index contributed by atoms with van der Waals surface area (Å²) in [5, 5.41) is 10.1. The first-order chi connectivity index (χ1) is 13.6. The maximum Gasteiger partial charge on any atom is 0.313 e. The number of benzene rings is 1. The minimum Gasteiger partial charge on any atom is -0.486 e. The van der Waals surface area contributed by atoms with Gasteiger partial charge < -0.3 is 19.5 Å². The van der Waals surface area contributed by atoms with Crippen molar-refractivity contribution in [2.24, 2.45) is 11.3 Å². The molecule has 0 saturated carbocycles. The molecule has 5 rings (SSSR count). The summed E-state index contributed by atoms with van der Waals surface area (Å²) in [6.07, 6.45) is 3.39. The summed E-state index contributed by atoms with van der Waals surface area (Å²) in [6.45, 7) is 4.19. The number of carboxylic acid groups (broad SMARTS) is 1. The molecular formula is C20H22N4O4. The van der Waals surface area contributed by atoms with Crippen molar-refractivity contribution < 1.29 is 19.4 Å². The number of ether oxygens (including phenoxy) is 2. The topological polar surface area (TPSA) is 88.0 Å². The number of carbonyl (C=O) groups is 1. The highest BCUT2D eigenvalue weighted by atomic mass is 16.6. The molecule has 3 aliphatic heterocycles. The van der Waals surface area contributed by atoms with Gasteiger partial charge >= 0.3 is 5.97 Å². The molecule has 2 saturated heterocycles. The summed E-state index contributed by atoms with van der Waals surface area (Å²) in [6, 6.07) is 7.73. The normalized spacial score (nSPS) is 26.3. The van der Waals surface area contributed by atoms with E-state index >= 15 is 0 Å². The minimum atomic E-state index is -0.785. The molecule has 1 aromatic carbocycles. The fourth-order valence-electron chi connectivity index (χ4n) is 4.64. The Bertz CT molecular complexity index is 893. The third-order valence-corrected chi connectivity index (χ3v) is 5.95. The maximum atomic E-state index is 12.2.